The number of hydrogen-bond donors (Lipinski definition) is 2. The minimum Gasteiger partial charge on any atom is -0.476 e. The van der Waals surface area contributed by atoms with Gasteiger partial charge in [0.15, 0.2) is 11.2 Å². The summed E-state index contributed by atoms with van der Waals surface area (Å²) in [7, 11) is 0. The zero-order valence-corrected chi connectivity index (χ0v) is 11.0. The summed E-state index contributed by atoms with van der Waals surface area (Å²) in [6.07, 6.45) is 4.77. The largest absolute Gasteiger partial charge is 0.476 e. The molecule has 0 unspecified atom stereocenters. The molecule has 0 spiro atoms. The summed E-state index contributed by atoms with van der Waals surface area (Å²) in [6.45, 7) is 2.73. The van der Waals surface area contributed by atoms with Crippen LogP contribution in [0.1, 0.15) is 26.2 Å². The van der Waals surface area contributed by atoms with E-state index in [0.717, 1.165) is 19.3 Å². The molecule has 0 bridgehead atoms. The van der Waals surface area contributed by atoms with E-state index in [-0.39, 0.29) is 5.95 Å². The van der Waals surface area contributed by atoms with E-state index in [4.69, 9.17) is 22.7 Å². The van der Waals surface area contributed by atoms with Gasteiger partial charge < -0.3 is 15.5 Å². The Morgan fingerprint density at radius 3 is 3.00 bits per heavy atom. The monoisotopic (exact) mass is 265 g/mol. The van der Waals surface area contributed by atoms with Gasteiger partial charge >= 0.3 is 0 Å². The molecule has 7 heteroatoms. The van der Waals surface area contributed by atoms with Crippen molar-refractivity contribution in [3.05, 3.63) is 10.8 Å². The van der Waals surface area contributed by atoms with Crippen molar-refractivity contribution in [2.75, 3.05) is 12.3 Å². The highest BCUT2D eigenvalue weighted by Gasteiger charge is 2.08. The molecule has 0 saturated carbocycles. The summed E-state index contributed by atoms with van der Waals surface area (Å²) < 4.78 is 6.09. The summed E-state index contributed by atoms with van der Waals surface area (Å²) in [6, 6.07) is 0. The Labute approximate surface area is 110 Å². The van der Waals surface area contributed by atoms with Crippen molar-refractivity contribution >= 4 is 29.3 Å². The van der Waals surface area contributed by atoms with Gasteiger partial charge in [-0.25, -0.2) is 4.98 Å². The Kier molecular flexibility index (Phi) is 4.03. The number of nitrogens with one attached hydrogen (secondary N) is 1. The molecule has 0 aliphatic heterocycles. The molecule has 0 atom stereocenters. The summed E-state index contributed by atoms with van der Waals surface area (Å²) in [4.78, 5) is 15.2. The molecule has 0 aliphatic carbocycles. The first-order valence-corrected chi connectivity index (χ1v) is 6.27. The number of rotatable bonds is 5. The number of nitrogens with zero attached hydrogens (tertiary/aromatic N) is 3. The maximum Gasteiger partial charge on any atom is 0.247 e. The number of anilines is 1. The van der Waals surface area contributed by atoms with E-state index >= 15 is 0 Å². The topological polar surface area (TPSA) is 89.7 Å². The molecular formula is C11H15N5OS. The van der Waals surface area contributed by atoms with E-state index in [0.29, 0.717) is 28.3 Å². The second-order valence-corrected chi connectivity index (χ2v) is 4.33. The molecule has 0 aromatic carbocycles. The van der Waals surface area contributed by atoms with E-state index in [1.54, 1.807) is 0 Å². The highest BCUT2D eigenvalue weighted by atomic mass is 32.1. The summed E-state index contributed by atoms with van der Waals surface area (Å²) in [5.74, 6) is 0.548. The molecule has 96 valence electrons. The fourth-order valence-electron chi connectivity index (χ4n) is 1.55. The number of unbranched alkanes of at least 4 members (excludes halogenated alkanes) is 2. The minimum absolute atomic E-state index is 0.145. The zero-order chi connectivity index (χ0) is 13.0. The van der Waals surface area contributed by atoms with Gasteiger partial charge in [-0.2, -0.15) is 9.97 Å². The fraction of sp³-hybridized carbons (Fsp3) is 0.455. The Balaban J connectivity index is 2.28. The van der Waals surface area contributed by atoms with Gasteiger partial charge in [0.25, 0.3) is 0 Å². The van der Waals surface area contributed by atoms with Crippen molar-refractivity contribution in [1.29, 1.82) is 0 Å². The molecule has 18 heavy (non-hydrogen) atoms. The molecule has 0 radical (unpaired) electrons. The van der Waals surface area contributed by atoms with Crippen LogP contribution in [0.5, 0.6) is 5.88 Å². The van der Waals surface area contributed by atoms with Gasteiger partial charge in [0.05, 0.1) is 12.8 Å². The number of H-pyrrole nitrogens is 1. The number of hydrogen-bond acceptors (Lipinski definition) is 6. The predicted octanol–water partition coefficient (Wildman–Crippen LogP) is 2.23. The van der Waals surface area contributed by atoms with Crippen LogP contribution in [0.3, 0.4) is 0 Å². The fourth-order valence-corrected chi connectivity index (χ4v) is 1.70. The average molecular weight is 265 g/mol. The lowest BCUT2D eigenvalue weighted by atomic mass is 10.3. The smallest absolute Gasteiger partial charge is 0.247 e. The van der Waals surface area contributed by atoms with Crippen LogP contribution < -0.4 is 10.5 Å². The molecule has 6 nitrogen and oxygen atoms in total. The predicted molar refractivity (Wildman–Crippen MR) is 72.0 cm³/mol. The minimum atomic E-state index is 0.145. The van der Waals surface area contributed by atoms with Crippen molar-refractivity contribution in [3.63, 3.8) is 0 Å². The Morgan fingerprint density at radius 1 is 1.39 bits per heavy atom. The lowest BCUT2D eigenvalue weighted by Crippen LogP contribution is -2.05. The van der Waals surface area contributed by atoms with Crippen LogP contribution in [-0.4, -0.2) is 26.5 Å². The first-order chi connectivity index (χ1) is 8.70. The van der Waals surface area contributed by atoms with E-state index in [9.17, 15) is 0 Å². The van der Waals surface area contributed by atoms with E-state index < -0.39 is 0 Å². The Morgan fingerprint density at radius 2 is 2.22 bits per heavy atom. The normalized spacial score (nSPS) is 10.7. The number of aromatic amines is 1. The highest BCUT2D eigenvalue weighted by molar-refractivity contribution is 7.71. The van der Waals surface area contributed by atoms with E-state index in [2.05, 4.69) is 26.9 Å². The second-order valence-electron chi connectivity index (χ2n) is 3.89. The lowest BCUT2D eigenvalue weighted by Gasteiger charge is -2.07. The standard InChI is InChI=1S/C11H15N5OS/c1-2-3-4-5-17-10-8-9(15-11(12)16-10)14-7(18)6-13-8/h6H,2-5H2,1H3,(H3,12,14,15,16,18). The van der Waals surface area contributed by atoms with E-state index in [1.807, 2.05) is 0 Å². The van der Waals surface area contributed by atoms with Gasteiger partial charge in [-0.3, -0.25) is 0 Å². The maximum absolute atomic E-state index is 5.62. The number of nitrogens with two attached hydrogens (primary N) is 1. The second kappa shape index (κ2) is 5.72. The van der Waals surface area contributed by atoms with E-state index in [1.165, 1.54) is 6.20 Å². The third kappa shape index (κ3) is 2.92. The van der Waals surface area contributed by atoms with Crippen LogP contribution in [0, 0.1) is 4.64 Å². The molecule has 3 N–H and O–H groups in total. The number of nitrogen functional groups attached to an aromatic ring is 1. The molecule has 0 fully saturated rings. The van der Waals surface area contributed by atoms with Crippen molar-refractivity contribution in [1.82, 2.24) is 19.9 Å². The van der Waals surface area contributed by atoms with Crippen molar-refractivity contribution in [2.45, 2.75) is 26.2 Å². The maximum atomic E-state index is 5.62. The van der Waals surface area contributed by atoms with Crippen LogP contribution in [0.15, 0.2) is 6.20 Å². The van der Waals surface area contributed by atoms with Crippen molar-refractivity contribution < 1.29 is 4.74 Å². The summed E-state index contributed by atoms with van der Waals surface area (Å²) in [5.41, 5.74) is 6.67. The number of fused-ring (bicyclic) bond motifs is 1. The van der Waals surface area contributed by atoms with Gasteiger partial charge in [-0.05, 0) is 6.42 Å². The lowest BCUT2D eigenvalue weighted by molar-refractivity contribution is 0.298. The first kappa shape index (κ1) is 12.7. The van der Waals surface area contributed by atoms with Gasteiger partial charge in [0.2, 0.25) is 11.8 Å². The highest BCUT2D eigenvalue weighted by Crippen LogP contribution is 2.19. The molecular weight excluding hydrogens is 250 g/mol. The van der Waals surface area contributed by atoms with Gasteiger partial charge in [-0.15, -0.1) is 0 Å². The SMILES string of the molecule is CCCCCOc1nc(N)nc2[nH]c(=S)cnc12. The van der Waals surface area contributed by atoms with Crippen LogP contribution >= 0.6 is 12.2 Å². The zero-order valence-electron chi connectivity index (χ0n) is 10.1. The molecule has 0 amide bonds. The summed E-state index contributed by atoms with van der Waals surface area (Å²) in [5, 5.41) is 0. The average Bonchev–Trinajstić information content (AvgIpc) is 2.33. The third-order valence-corrected chi connectivity index (χ3v) is 2.62. The Bertz CT molecular complexity index is 597. The van der Waals surface area contributed by atoms with Gasteiger partial charge in [0, 0.05) is 0 Å². The van der Waals surface area contributed by atoms with Crippen LogP contribution in [0.25, 0.3) is 11.2 Å². The summed E-state index contributed by atoms with van der Waals surface area (Å²) >= 11 is 4.99. The van der Waals surface area contributed by atoms with Gasteiger partial charge in [0.1, 0.15) is 4.64 Å². The third-order valence-electron chi connectivity index (χ3n) is 2.41. The quantitative estimate of drug-likeness (QED) is 0.636. The van der Waals surface area contributed by atoms with Crippen molar-refractivity contribution in [2.24, 2.45) is 0 Å². The first-order valence-electron chi connectivity index (χ1n) is 5.86. The number of ether oxygens (including phenoxy) is 1. The molecule has 2 rings (SSSR count). The van der Waals surface area contributed by atoms with Gasteiger partial charge in [-0.1, -0.05) is 32.0 Å². The molecule has 0 saturated heterocycles. The van der Waals surface area contributed by atoms with Crippen LogP contribution in [-0.2, 0) is 0 Å². The number of aromatic nitrogens is 4. The Hall–Kier alpha value is -1.76. The molecule has 2 aromatic heterocycles. The molecule has 0 aliphatic rings. The molecule has 2 heterocycles. The molecule has 2 aromatic rings. The van der Waals surface area contributed by atoms with Crippen LogP contribution in [0.4, 0.5) is 5.95 Å². The van der Waals surface area contributed by atoms with Crippen molar-refractivity contribution in [3.8, 4) is 5.88 Å². The van der Waals surface area contributed by atoms with Crippen LogP contribution in [0.2, 0.25) is 0 Å².